The molecule has 9 heteroatoms. The number of halogens is 1. The normalized spacial score (nSPS) is 24.6. The van der Waals surface area contributed by atoms with Crippen LogP contribution < -0.4 is 0 Å². The average Bonchev–Trinajstić information content (AvgIpc) is 2.87. The van der Waals surface area contributed by atoms with Gasteiger partial charge in [0.15, 0.2) is 0 Å². The molecule has 26 heavy (non-hydrogen) atoms. The highest BCUT2D eigenvalue weighted by molar-refractivity contribution is 7.86. The van der Waals surface area contributed by atoms with Gasteiger partial charge >= 0.3 is 0 Å². The van der Waals surface area contributed by atoms with E-state index >= 15 is 0 Å². The molecule has 2 aliphatic heterocycles. The Hall–Kier alpha value is -1.19. The van der Waals surface area contributed by atoms with E-state index in [9.17, 15) is 13.2 Å². The quantitative estimate of drug-likeness (QED) is 0.763. The van der Waals surface area contributed by atoms with Crippen LogP contribution in [-0.2, 0) is 14.9 Å². The van der Waals surface area contributed by atoms with Gasteiger partial charge in [0, 0.05) is 50.2 Å². The SMILES string of the molecule is Cc1ccc(C(=O)N2C[C@H]3COC[C@@H]2CN(S(=O)(=O)N(C)C)C3)cc1Cl. The molecule has 0 radical (unpaired) electrons. The van der Waals surface area contributed by atoms with Crippen molar-refractivity contribution in [3.63, 3.8) is 0 Å². The molecule has 2 saturated heterocycles. The van der Waals surface area contributed by atoms with Crippen molar-refractivity contribution in [3.05, 3.63) is 34.3 Å². The summed E-state index contributed by atoms with van der Waals surface area (Å²) in [5, 5.41) is 0.543. The number of benzene rings is 1. The van der Waals surface area contributed by atoms with Gasteiger partial charge in [0.25, 0.3) is 16.1 Å². The van der Waals surface area contributed by atoms with Crippen LogP contribution in [0.5, 0.6) is 0 Å². The van der Waals surface area contributed by atoms with Crippen LogP contribution in [0.4, 0.5) is 0 Å². The van der Waals surface area contributed by atoms with Gasteiger partial charge < -0.3 is 9.64 Å². The Morgan fingerprint density at radius 1 is 1.23 bits per heavy atom. The molecule has 2 bridgehead atoms. The number of fused-ring (bicyclic) bond motifs is 3. The minimum atomic E-state index is -3.54. The zero-order valence-corrected chi connectivity index (χ0v) is 16.8. The monoisotopic (exact) mass is 401 g/mol. The molecule has 1 aromatic carbocycles. The Kier molecular flexibility index (Phi) is 5.60. The highest BCUT2D eigenvalue weighted by atomic mass is 35.5. The summed E-state index contributed by atoms with van der Waals surface area (Å²) in [6.45, 7) is 3.68. The van der Waals surface area contributed by atoms with Crippen molar-refractivity contribution in [2.45, 2.75) is 13.0 Å². The molecule has 0 N–H and O–H groups in total. The highest BCUT2D eigenvalue weighted by Crippen LogP contribution is 2.25. The first-order chi connectivity index (χ1) is 12.2. The Labute approximate surface area is 159 Å². The maximum Gasteiger partial charge on any atom is 0.281 e. The second-order valence-corrected chi connectivity index (χ2v) is 9.64. The smallest absolute Gasteiger partial charge is 0.281 e. The summed E-state index contributed by atoms with van der Waals surface area (Å²) >= 11 is 6.17. The summed E-state index contributed by atoms with van der Waals surface area (Å²) in [4.78, 5) is 14.8. The van der Waals surface area contributed by atoms with Crippen LogP contribution in [0.25, 0.3) is 0 Å². The van der Waals surface area contributed by atoms with E-state index in [1.54, 1.807) is 17.0 Å². The number of aryl methyl sites for hydroxylation is 1. The van der Waals surface area contributed by atoms with E-state index in [1.807, 2.05) is 13.0 Å². The predicted molar refractivity (Wildman–Crippen MR) is 99.5 cm³/mol. The molecule has 2 heterocycles. The van der Waals surface area contributed by atoms with Gasteiger partial charge in [-0.25, -0.2) is 0 Å². The third-order valence-electron chi connectivity index (χ3n) is 4.90. The van der Waals surface area contributed by atoms with E-state index in [-0.39, 0.29) is 24.4 Å². The van der Waals surface area contributed by atoms with Crippen LogP contribution in [0.2, 0.25) is 5.02 Å². The minimum absolute atomic E-state index is 0.0675. The lowest BCUT2D eigenvalue weighted by molar-refractivity contribution is 0.0537. The first-order valence-corrected chi connectivity index (χ1v) is 10.3. The van der Waals surface area contributed by atoms with Crippen LogP contribution in [-0.4, -0.2) is 80.8 Å². The second-order valence-electron chi connectivity index (χ2n) is 7.09. The van der Waals surface area contributed by atoms with Crippen molar-refractivity contribution in [2.75, 3.05) is 46.9 Å². The van der Waals surface area contributed by atoms with Crippen molar-refractivity contribution in [2.24, 2.45) is 5.92 Å². The molecule has 7 nitrogen and oxygen atoms in total. The van der Waals surface area contributed by atoms with Gasteiger partial charge in [0.05, 0.1) is 19.3 Å². The van der Waals surface area contributed by atoms with Crippen LogP contribution in [0.15, 0.2) is 18.2 Å². The van der Waals surface area contributed by atoms with Gasteiger partial charge in [-0.15, -0.1) is 0 Å². The maximum absolute atomic E-state index is 13.1. The van der Waals surface area contributed by atoms with E-state index in [1.165, 1.54) is 22.7 Å². The van der Waals surface area contributed by atoms with Crippen molar-refractivity contribution in [1.29, 1.82) is 0 Å². The number of hydrogen-bond acceptors (Lipinski definition) is 4. The second kappa shape index (κ2) is 7.44. The standard InChI is InChI=1S/C17H24ClN3O4S/c1-12-4-5-14(6-16(12)18)17(22)21-8-13-7-20(26(23,24)19(2)3)9-15(21)11-25-10-13/h4-6,13,15H,7-11H2,1-3H3/t13-,15-/m0/s1. The number of rotatable bonds is 3. The Morgan fingerprint density at radius 2 is 1.96 bits per heavy atom. The molecule has 0 aromatic heterocycles. The van der Waals surface area contributed by atoms with Crippen molar-refractivity contribution in [3.8, 4) is 0 Å². The van der Waals surface area contributed by atoms with Crippen LogP contribution in [0.3, 0.4) is 0 Å². The number of ether oxygens (including phenoxy) is 1. The lowest BCUT2D eigenvalue weighted by Gasteiger charge is -2.32. The fourth-order valence-electron chi connectivity index (χ4n) is 3.36. The number of carbonyl (C=O) groups excluding carboxylic acids is 1. The molecule has 1 amide bonds. The molecule has 1 aromatic rings. The molecule has 2 aliphatic rings. The average molecular weight is 402 g/mol. The summed E-state index contributed by atoms with van der Waals surface area (Å²) in [5.74, 6) is -0.210. The fraction of sp³-hybridized carbons (Fsp3) is 0.588. The van der Waals surface area contributed by atoms with E-state index < -0.39 is 10.2 Å². The number of nitrogens with zero attached hydrogens (tertiary/aromatic N) is 3. The molecular weight excluding hydrogens is 378 g/mol. The summed E-state index contributed by atoms with van der Waals surface area (Å²) in [6, 6.07) is 4.92. The third kappa shape index (κ3) is 3.75. The molecular formula is C17H24ClN3O4S. The topological polar surface area (TPSA) is 70.2 Å². The number of amides is 1. The highest BCUT2D eigenvalue weighted by Gasteiger charge is 2.40. The summed E-state index contributed by atoms with van der Waals surface area (Å²) in [5.41, 5.74) is 1.42. The van der Waals surface area contributed by atoms with Crippen LogP contribution in [0, 0.1) is 12.8 Å². The van der Waals surface area contributed by atoms with Gasteiger partial charge in [0.1, 0.15) is 0 Å². The fourth-order valence-corrected chi connectivity index (χ4v) is 4.76. The zero-order valence-electron chi connectivity index (χ0n) is 15.2. The van der Waals surface area contributed by atoms with Crippen molar-refractivity contribution < 1.29 is 17.9 Å². The summed E-state index contributed by atoms with van der Waals surface area (Å²) in [7, 11) is -0.504. The van der Waals surface area contributed by atoms with Gasteiger partial charge in [-0.05, 0) is 24.6 Å². The van der Waals surface area contributed by atoms with Gasteiger partial charge in [-0.1, -0.05) is 17.7 Å². The molecule has 144 valence electrons. The van der Waals surface area contributed by atoms with Gasteiger partial charge in [0.2, 0.25) is 0 Å². The minimum Gasteiger partial charge on any atom is -0.379 e. The van der Waals surface area contributed by atoms with E-state index in [0.717, 1.165) is 5.56 Å². The maximum atomic E-state index is 13.1. The van der Waals surface area contributed by atoms with Crippen molar-refractivity contribution in [1.82, 2.24) is 13.5 Å². The lowest BCUT2D eigenvalue weighted by Crippen LogP contribution is -2.50. The largest absolute Gasteiger partial charge is 0.379 e. The molecule has 0 aliphatic carbocycles. The first-order valence-electron chi connectivity index (χ1n) is 8.52. The van der Waals surface area contributed by atoms with E-state index in [4.69, 9.17) is 16.3 Å². The molecule has 0 unspecified atom stereocenters. The predicted octanol–water partition coefficient (Wildman–Crippen LogP) is 1.23. The van der Waals surface area contributed by atoms with Crippen LogP contribution >= 0.6 is 11.6 Å². The molecule has 3 rings (SSSR count). The number of carbonyl (C=O) groups is 1. The zero-order chi connectivity index (χ0) is 19.1. The molecule has 0 saturated carbocycles. The number of hydrogen-bond donors (Lipinski definition) is 0. The lowest BCUT2D eigenvalue weighted by atomic mass is 10.1. The summed E-state index contributed by atoms with van der Waals surface area (Å²) in [6.07, 6.45) is 0. The Balaban J connectivity index is 1.89. The van der Waals surface area contributed by atoms with E-state index in [2.05, 4.69) is 0 Å². The van der Waals surface area contributed by atoms with E-state index in [0.29, 0.717) is 36.9 Å². The summed E-state index contributed by atoms with van der Waals surface area (Å²) < 4.78 is 33.5. The first kappa shape index (κ1) is 19.6. The molecule has 2 atom stereocenters. The Bertz CT molecular complexity index is 799. The molecule has 0 spiro atoms. The molecule has 2 fully saturated rings. The van der Waals surface area contributed by atoms with Gasteiger partial charge in [-0.3, -0.25) is 4.79 Å². The van der Waals surface area contributed by atoms with Crippen LogP contribution in [0.1, 0.15) is 15.9 Å². The van der Waals surface area contributed by atoms with Crippen molar-refractivity contribution >= 4 is 27.7 Å². The Morgan fingerprint density at radius 3 is 2.62 bits per heavy atom. The third-order valence-corrected chi connectivity index (χ3v) is 7.18. The van der Waals surface area contributed by atoms with Gasteiger partial charge in [-0.2, -0.15) is 17.0 Å².